The number of amides is 4. The SMILES string of the molecule is CCOC(=O)CN1CCC(C2CCN(C(=O)[C@@H](Cc3cc(C)c(N)c(C)c3)OC(=O)N3CCC(N4CCc5ccccc5NC4=O)CC3)CC2)CC1. The number of hydrogen-bond donors (Lipinski definition) is 2. The number of aryl methyl sites for hydroxylation is 2. The van der Waals surface area contributed by atoms with Gasteiger partial charge in [-0.2, -0.15) is 0 Å². The fraction of sp³-hybridized carbons (Fsp3) is 0.600. The van der Waals surface area contributed by atoms with E-state index in [0.29, 0.717) is 70.6 Å². The van der Waals surface area contributed by atoms with E-state index in [1.54, 1.807) is 4.90 Å². The molecule has 2 aromatic rings. The van der Waals surface area contributed by atoms with E-state index in [4.69, 9.17) is 15.2 Å². The third kappa shape index (κ3) is 9.00. The number of carbonyl (C=O) groups is 4. The van der Waals surface area contributed by atoms with Crippen LogP contribution in [-0.4, -0.2) is 115 Å². The van der Waals surface area contributed by atoms with Crippen molar-refractivity contribution < 1.29 is 28.7 Å². The number of carbonyl (C=O) groups excluding carboxylic acids is 4. The Hall–Kier alpha value is -4.32. The molecule has 0 aliphatic carbocycles. The summed E-state index contributed by atoms with van der Waals surface area (Å²) in [4.78, 5) is 60.6. The van der Waals surface area contributed by atoms with E-state index in [2.05, 4.69) is 10.2 Å². The predicted octanol–water partition coefficient (Wildman–Crippen LogP) is 5.00. The molecule has 0 unspecified atom stereocenters. The van der Waals surface area contributed by atoms with Crippen molar-refractivity contribution in [3.8, 4) is 0 Å². The Morgan fingerprint density at radius 3 is 2.13 bits per heavy atom. The molecule has 6 rings (SSSR count). The van der Waals surface area contributed by atoms with Crippen molar-refractivity contribution in [1.29, 1.82) is 0 Å². The smallest absolute Gasteiger partial charge is 0.410 e. The lowest BCUT2D eigenvalue weighted by Gasteiger charge is -2.41. The molecule has 4 aliphatic rings. The van der Waals surface area contributed by atoms with Crippen LogP contribution in [0.2, 0.25) is 0 Å². The molecule has 4 heterocycles. The van der Waals surface area contributed by atoms with Crippen molar-refractivity contribution >= 4 is 35.4 Å². The normalized spacial score (nSPS) is 20.1. The number of fused-ring (bicyclic) bond motifs is 1. The van der Waals surface area contributed by atoms with E-state index in [1.807, 2.05) is 67.0 Å². The van der Waals surface area contributed by atoms with E-state index in [0.717, 1.165) is 78.8 Å². The number of rotatable bonds is 9. The molecule has 3 N–H and O–H groups in total. The lowest BCUT2D eigenvalue weighted by atomic mass is 9.78. The van der Waals surface area contributed by atoms with Crippen LogP contribution in [0.3, 0.4) is 0 Å². The van der Waals surface area contributed by atoms with Crippen molar-refractivity contribution in [2.45, 2.75) is 84.3 Å². The zero-order chi connectivity index (χ0) is 36.8. The van der Waals surface area contributed by atoms with Crippen LogP contribution < -0.4 is 11.1 Å². The highest BCUT2D eigenvalue weighted by Gasteiger charge is 2.37. The quantitative estimate of drug-likeness (QED) is 0.273. The zero-order valence-electron chi connectivity index (χ0n) is 31.1. The Morgan fingerprint density at radius 1 is 0.865 bits per heavy atom. The first kappa shape index (κ1) is 37.4. The number of piperidine rings is 3. The van der Waals surface area contributed by atoms with Gasteiger partial charge in [-0.3, -0.25) is 14.5 Å². The number of hydrogen-bond acceptors (Lipinski definition) is 8. The van der Waals surface area contributed by atoms with Crippen molar-refractivity contribution in [2.24, 2.45) is 11.8 Å². The van der Waals surface area contributed by atoms with E-state index in [-0.39, 0.29) is 30.4 Å². The minimum Gasteiger partial charge on any atom is -0.465 e. The maximum Gasteiger partial charge on any atom is 0.410 e. The highest BCUT2D eigenvalue weighted by Crippen LogP contribution is 2.33. The molecule has 0 radical (unpaired) electrons. The third-order valence-corrected chi connectivity index (χ3v) is 11.7. The van der Waals surface area contributed by atoms with E-state index in [9.17, 15) is 19.2 Å². The van der Waals surface area contributed by atoms with Crippen LogP contribution >= 0.6 is 0 Å². The predicted molar refractivity (Wildman–Crippen MR) is 200 cm³/mol. The second-order valence-corrected chi connectivity index (χ2v) is 15.1. The number of nitrogens with zero attached hydrogens (tertiary/aromatic N) is 4. The van der Waals surface area contributed by atoms with Crippen LogP contribution in [0.5, 0.6) is 0 Å². The molecule has 0 bridgehead atoms. The molecule has 0 spiro atoms. The summed E-state index contributed by atoms with van der Waals surface area (Å²) in [5, 5.41) is 3.06. The van der Waals surface area contributed by atoms with Gasteiger partial charge in [-0.1, -0.05) is 30.3 Å². The first-order valence-electron chi connectivity index (χ1n) is 19.2. The Kier molecular flexibility index (Phi) is 12.2. The van der Waals surface area contributed by atoms with Crippen LogP contribution in [0.1, 0.15) is 67.7 Å². The summed E-state index contributed by atoms with van der Waals surface area (Å²) in [7, 11) is 0. The average Bonchev–Trinajstić information content (AvgIpc) is 3.31. The van der Waals surface area contributed by atoms with Gasteiger partial charge in [0.2, 0.25) is 0 Å². The highest BCUT2D eigenvalue weighted by atomic mass is 16.6. The second kappa shape index (κ2) is 17.0. The number of ether oxygens (including phenoxy) is 2. The number of para-hydroxylation sites is 1. The minimum absolute atomic E-state index is 0.0163. The lowest BCUT2D eigenvalue weighted by Crippen LogP contribution is -2.52. The molecule has 0 aromatic heterocycles. The van der Waals surface area contributed by atoms with Crippen LogP contribution in [0, 0.1) is 25.7 Å². The molecule has 2 aromatic carbocycles. The average molecular weight is 717 g/mol. The first-order valence-corrected chi connectivity index (χ1v) is 19.2. The van der Waals surface area contributed by atoms with E-state index in [1.165, 1.54) is 0 Å². The molecule has 1 atom stereocenters. The van der Waals surface area contributed by atoms with Gasteiger partial charge in [0.25, 0.3) is 5.91 Å². The van der Waals surface area contributed by atoms with Crippen molar-refractivity contribution in [3.05, 3.63) is 58.7 Å². The fourth-order valence-electron chi connectivity index (χ4n) is 8.64. The van der Waals surface area contributed by atoms with Gasteiger partial charge < -0.3 is 35.2 Å². The number of nitrogen functional groups attached to an aromatic ring is 1. The van der Waals surface area contributed by atoms with Crippen molar-refractivity contribution in [1.82, 2.24) is 19.6 Å². The molecular weight excluding hydrogens is 660 g/mol. The molecule has 282 valence electrons. The molecule has 52 heavy (non-hydrogen) atoms. The summed E-state index contributed by atoms with van der Waals surface area (Å²) in [6.07, 6.45) is 4.81. The van der Waals surface area contributed by atoms with Gasteiger partial charge in [-0.15, -0.1) is 0 Å². The molecule has 3 saturated heterocycles. The second-order valence-electron chi connectivity index (χ2n) is 15.1. The maximum absolute atomic E-state index is 14.2. The zero-order valence-corrected chi connectivity index (χ0v) is 31.1. The van der Waals surface area contributed by atoms with Crippen LogP contribution in [0.4, 0.5) is 21.0 Å². The summed E-state index contributed by atoms with van der Waals surface area (Å²) in [6, 6.07) is 11.8. The standard InChI is InChI=1S/C40H56N6O6/c1-4-51-36(47)26-43-16-9-30(10-17-43)31-11-18-44(19-12-31)38(48)35(25-29-23-27(2)37(41)28(3)24-29)52-40(50)45-20-14-33(15-21-45)46-22-13-32-7-5-6-8-34(32)42-39(46)49/h5-8,23-24,30-31,33,35H,4,9-22,25-26,41H2,1-3H3,(H,42,49)/t35-/m1/s1. The topological polar surface area (TPSA) is 138 Å². The van der Waals surface area contributed by atoms with Gasteiger partial charge in [0, 0.05) is 56.6 Å². The molecule has 12 heteroatoms. The number of likely N-dealkylation sites (tertiary alicyclic amines) is 3. The molecule has 0 saturated carbocycles. The number of urea groups is 1. The van der Waals surface area contributed by atoms with Crippen LogP contribution in [0.25, 0.3) is 0 Å². The van der Waals surface area contributed by atoms with Gasteiger partial charge in [-0.25, -0.2) is 9.59 Å². The number of anilines is 2. The van der Waals surface area contributed by atoms with Gasteiger partial charge in [0.15, 0.2) is 6.10 Å². The molecule has 3 fully saturated rings. The lowest BCUT2D eigenvalue weighted by molar-refractivity contribution is -0.144. The number of esters is 1. The van der Waals surface area contributed by atoms with Crippen molar-refractivity contribution in [3.63, 3.8) is 0 Å². The molecule has 12 nitrogen and oxygen atoms in total. The first-order chi connectivity index (χ1) is 25.1. The Balaban J connectivity index is 1.05. The summed E-state index contributed by atoms with van der Waals surface area (Å²) in [5.74, 6) is 0.784. The van der Waals surface area contributed by atoms with Gasteiger partial charge in [0.1, 0.15) is 0 Å². The van der Waals surface area contributed by atoms with Gasteiger partial charge in [0.05, 0.1) is 13.2 Å². The summed E-state index contributed by atoms with van der Waals surface area (Å²) in [6.45, 7) is 11.1. The van der Waals surface area contributed by atoms with E-state index < -0.39 is 12.2 Å². The number of nitrogens with two attached hydrogens (primary N) is 1. The number of nitrogens with one attached hydrogen (secondary N) is 1. The molecule has 4 aliphatic heterocycles. The minimum atomic E-state index is -0.954. The van der Waals surface area contributed by atoms with Crippen LogP contribution in [0.15, 0.2) is 36.4 Å². The highest BCUT2D eigenvalue weighted by molar-refractivity contribution is 5.91. The number of benzene rings is 2. The Bertz CT molecular complexity index is 1570. The maximum atomic E-state index is 14.2. The molecular formula is C40H56N6O6. The monoisotopic (exact) mass is 716 g/mol. The largest absolute Gasteiger partial charge is 0.465 e. The molecule has 4 amide bonds. The third-order valence-electron chi connectivity index (χ3n) is 11.7. The Morgan fingerprint density at radius 2 is 1.48 bits per heavy atom. The van der Waals surface area contributed by atoms with Crippen molar-refractivity contribution in [2.75, 3.05) is 70.0 Å². The summed E-state index contributed by atoms with van der Waals surface area (Å²) >= 11 is 0. The van der Waals surface area contributed by atoms with Gasteiger partial charge in [-0.05, 0) is 119 Å². The summed E-state index contributed by atoms with van der Waals surface area (Å²) in [5.41, 5.74) is 11.7. The van der Waals surface area contributed by atoms with Gasteiger partial charge >= 0.3 is 18.1 Å². The Labute approximate surface area is 307 Å². The summed E-state index contributed by atoms with van der Waals surface area (Å²) < 4.78 is 11.2. The van der Waals surface area contributed by atoms with E-state index >= 15 is 0 Å². The fourth-order valence-corrected chi connectivity index (χ4v) is 8.64. The van der Waals surface area contributed by atoms with Crippen LogP contribution in [-0.2, 0) is 31.9 Å².